The van der Waals surface area contributed by atoms with E-state index in [9.17, 15) is 13.2 Å². The Balaban J connectivity index is 1.58. The monoisotopic (exact) mass is 419 g/mol. The number of methoxy groups -OCH3 is 1. The number of hydrogen-bond donors (Lipinski definition) is 1. The number of nitrogens with zero attached hydrogens (tertiary/aromatic N) is 4. The molecule has 6 nitrogen and oxygen atoms in total. The Morgan fingerprint density at radius 2 is 2.03 bits per heavy atom. The van der Waals surface area contributed by atoms with E-state index in [1.54, 1.807) is 6.07 Å². The second-order valence-electron chi connectivity index (χ2n) is 7.80. The summed E-state index contributed by atoms with van der Waals surface area (Å²) in [6.45, 7) is 5.53. The molecule has 0 radical (unpaired) electrons. The van der Waals surface area contributed by atoms with Gasteiger partial charge in [-0.1, -0.05) is 0 Å². The second kappa shape index (κ2) is 7.86. The van der Waals surface area contributed by atoms with Gasteiger partial charge < -0.3 is 9.72 Å². The number of aryl methyl sites for hydroxylation is 1. The van der Waals surface area contributed by atoms with Gasteiger partial charge in [0.15, 0.2) is 5.65 Å². The predicted molar refractivity (Wildman–Crippen MR) is 106 cm³/mol. The average molecular weight is 419 g/mol. The molecule has 2 atom stereocenters. The number of aromatic nitrogens is 4. The normalized spacial score (nSPS) is 19.2. The highest BCUT2D eigenvalue weighted by molar-refractivity contribution is 5.71. The van der Waals surface area contributed by atoms with Gasteiger partial charge in [0.2, 0.25) is 5.88 Å². The molecule has 9 heteroatoms. The van der Waals surface area contributed by atoms with Crippen LogP contribution in [-0.4, -0.2) is 45.0 Å². The summed E-state index contributed by atoms with van der Waals surface area (Å²) < 4.78 is 44.8. The largest absolute Gasteiger partial charge is 0.481 e. The molecule has 1 aliphatic rings. The van der Waals surface area contributed by atoms with Crippen molar-refractivity contribution < 1.29 is 17.9 Å². The molecule has 160 valence electrons. The topological polar surface area (TPSA) is 66.9 Å². The number of piperidine rings is 1. The van der Waals surface area contributed by atoms with Crippen molar-refractivity contribution in [2.75, 3.05) is 20.2 Å². The first kappa shape index (κ1) is 20.6. The highest BCUT2D eigenvalue weighted by atomic mass is 19.4. The van der Waals surface area contributed by atoms with E-state index in [4.69, 9.17) is 4.74 Å². The van der Waals surface area contributed by atoms with E-state index in [-0.39, 0.29) is 17.8 Å². The standard InChI is InChI=1S/C21H24F3N5O/c1-12(16-7-17-20(25-10-16)27-13(2)26-17)29-6-4-5-14(11-29)15-8-18(21(22,23)24)28-19(9-15)30-3/h7-10,12,14H,4-6,11H2,1-3H3,(H,25,26,27)/t12-,14-/m0/s1. The van der Waals surface area contributed by atoms with Crippen LogP contribution >= 0.6 is 0 Å². The predicted octanol–water partition coefficient (Wildman–Crippen LogP) is 4.63. The van der Waals surface area contributed by atoms with Gasteiger partial charge >= 0.3 is 6.18 Å². The van der Waals surface area contributed by atoms with Crippen molar-refractivity contribution in [3.8, 4) is 5.88 Å². The minimum Gasteiger partial charge on any atom is -0.481 e. The second-order valence-corrected chi connectivity index (χ2v) is 7.80. The smallest absolute Gasteiger partial charge is 0.433 e. The number of halogens is 3. The van der Waals surface area contributed by atoms with Crippen LogP contribution in [0.2, 0.25) is 0 Å². The van der Waals surface area contributed by atoms with E-state index in [1.165, 1.54) is 7.11 Å². The van der Waals surface area contributed by atoms with Crippen molar-refractivity contribution in [1.29, 1.82) is 0 Å². The van der Waals surface area contributed by atoms with Gasteiger partial charge in [-0.15, -0.1) is 0 Å². The maximum atomic E-state index is 13.3. The Morgan fingerprint density at radius 3 is 2.77 bits per heavy atom. The Labute approximate surface area is 172 Å². The van der Waals surface area contributed by atoms with Crippen molar-refractivity contribution in [2.45, 2.75) is 44.8 Å². The number of ether oxygens (including phenoxy) is 1. The molecule has 4 rings (SSSR count). The summed E-state index contributed by atoms with van der Waals surface area (Å²) in [7, 11) is 1.34. The SMILES string of the molecule is COc1cc([C@H]2CCCN([C@@H](C)c3cnc4nc(C)[nH]c4c3)C2)cc(C(F)(F)F)n1. The minimum absolute atomic E-state index is 0.00531. The van der Waals surface area contributed by atoms with Crippen LogP contribution in [0.5, 0.6) is 5.88 Å². The van der Waals surface area contributed by atoms with Crippen LogP contribution in [0.1, 0.15) is 54.4 Å². The van der Waals surface area contributed by atoms with E-state index in [0.717, 1.165) is 42.4 Å². The Bertz CT molecular complexity index is 1050. The molecule has 1 fully saturated rings. The quantitative estimate of drug-likeness (QED) is 0.668. The van der Waals surface area contributed by atoms with E-state index >= 15 is 0 Å². The molecule has 0 bridgehead atoms. The zero-order chi connectivity index (χ0) is 21.5. The van der Waals surface area contributed by atoms with Gasteiger partial charge in [-0.2, -0.15) is 13.2 Å². The lowest BCUT2D eigenvalue weighted by molar-refractivity contribution is -0.141. The molecule has 0 aromatic carbocycles. The van der Waals surface area contributed by atoms with Gasteiger partial charge in [0.1, 0.15) is 11.5 Å². The zero-order valence-electron chi connectivity index (χ0n) is 17.1. The van der Waals surface area contributed by atoms with Crippen LogP contribution in [0, 0.1) is 6.92 Å². The minimum atomic E-state index is -4.51. The molecule has 0 saturated carbocycles. The highest BCUT2D eigenvalue weighted by Crippen LogP contribution is 2.36. The number of imidazole rings is 1. The Morgan fingerprint density at radius 1 is 1.23 bits per heavy atom. The maximum absolute atomic E-state index is 13.3. The molecule has 1 N–H and O–H groups in total. The molecule has 0 spiro atoms. The van der Waals surface area contributed by atoms with Gasteiger partial charge in [0, 0.05) is 24.8 Å². The fourth-order valence-electron chi connectivity index (χ4n) is 4.12. The number of likely N-dealkylation sites (tertiary alicyclic amines) is 1. The molecule has 1 saturated heterocycles. The lowest BCUT2D eigenvalue weighted by Crippen LogP contribution is -2.36. The van der Waals surface area contributed by atoms with E-state index in [2.05, 4.69) is 31.8 Å². The molecular formula is C21H24F3N5O. The number of aromatic amines is 1. The van der Waals surface area contributed by atoms with Crippen molar-refractivity contribution in [3.05, 3.63) is 47.0 Å². The van der Waals surface area contributed by atoms with Crippen LogP contribution in [0.25, 0.3) is 11.2 Å². The van der Waals surface area contributed by atoms with E-state index < -0.39 is 11.9 Å². The number of fused-ring (bicyclic) bond motifs is 1. The Kier molecular flexibility index (Phi) is 5.40. The number of H-pyrrole nitrogens is 1. The fraction of sp³-hybridized carbons (Fsp3) is 0.476. The van der Waals surface area contributed by atoms with Crippen LogP contribution in [0.15, 0.2) is 24.4 Å². The first-order valence-corrected chi connectivity index (χ1v) is 9.94. The molecule has 4 heterocycles. The third kappa shape index (κ3) is 4.12. The third-order valence-electron chi connectivity index (χ3n) is 5.76. The van der Waals surface area contributed by atoms with Gasteiger partial charge in [0.25, 0.3) is 0 Å². The summed E-state index contributed by atoms with van der Waals surface area (Å²) in [6.07, 6.45) is -0.952. The van der Waals surface area contributed by atoms with Crippen molar-refractivity contribution in [3.63, 3.8) is 0 Å². The molecule has 1 aliphatic heterocycles. The lowest BCUT2D eigenvalue weighted by atomic mass is 9.89. The first-order valence-electron chi connectivity index (χ1n) is 9.94. The average Bonchev–Trinajstić information content (AvgIpc) is 3.11. The van der Waals surface area contributed by atoms with Crippen LogP contribution in [-0.2, 0) is 6.18 Å². The number of hydrogen-bond acceptors (Lipinski definition) is 5. The van der Waals surface area contributed by atoms with Crippen molar-refractivity contribution in [2.24, 2.45) is 0 Å². The molecular weight excluding hydrogens is 395 g/mol. The number of nitrogens with one attached hydrogen (secondary N) is 1. The molecule has 30 heavy (non-hydrogen) atoms. The molecule has 0 unspecified atom stereocenters. The number of alkyl halides is 3. The van der Waals surface area contributed by atoms with Crippen LogP contribution < -0.4 is 4.74 Å². The van der Waals surface area contributed by atoms with E-state index in [1.807, 2.05) is 19.2 Å². The number of pyridine rings is 2. The maximum Gasteiger partial charge on any atom is 0.433 e. The summed E-state index contributed by atoms with van der Waals surface area (Å²) in [5, 5.41) is 0. The summed E-state index contributed by atoms with van der Waals surface area (Å²) in [6, 6.07) is 4.91. The van der Waals surface area contributed by atoms with Crippen LogP contribution in [0.4, 0.5) is 13.2 Å². The third-order valence-corrected chi connectivity index (χ3v) is 5.76. The fourth-order valence-corrected chi connectivity index (χ4v) is 4.12. The molecule has 3 aromatic rings. The lowest BCUT2D eigenvalue weighted by Gasteiger charge is -2.37. The molecule has 0 amide bonds. The zero-order valence-corrected chi connectivity index (χ0v) is 17.1. The van der Waals surface area contributed by atoms with Crippen molar-refractivity contribution >= 4 is 11.2 Å². The summed E-state index contributed by atoms with van der Waals surface area (Å²) in [5.74, 6) is 0.784. The van der Waals surface area contributed by atoms with Gasteiger partial charge in [-0.25, -0.2) is 15.0 Å². The first-order chi connectivity index (χ1) is 14.2. The summed E-state index contributed by atoms with van der Waals surface area (Å²) in [5.41, 5.74) is 2.33. The van der Waals surface area contributed by atoms with Gasteiger partial charge in [-0.3, -0.25) is 4.90 Å². The molecule has 0 aliphatic carbocycles. The van der Waals surface area contributed by atoms with Crippen molar-refractivity contribution in [1.82, 2.24) is 24.8 Å². The Hall–Kier alpha value is -2.68. The van der Waals surface area contributed by atoms with Gasteiger partial charge in [0.05, 0.1) is 12.6 Å². The van der Waals surface area contributed by atoms with Gasteiger partial charge in [-0.05, 0) is 62.4 Å². The molecule has 3 aromatic heterocycles. The van der Waals surface area contributed by atoms with Crippen LogP contribution in [0.3, 0.4) is 0 Å². The summed E-state index contributed by atoms with van der Waals surface area (Å²) in [4.78, 5) is 17.8. The van der Waals surface area contributed by atoms with E-state index in [0.29, 0.717) is 17.8 Å². The highest BCUT2D eigenvalue weighted by Gasteiger charge is 2.35. The summed E-state index contributed by atoms with van der Waals surface area (Å²) >= 11 is 0. The number of rotatable bonds is 4.